The number of benzene rings is 1. The topological polar surface area (TPSA) is 53.2 Å². The minimum Gasteiger partial charge on any atom is -0.393 e. The van der Waals surface area contributed by atoms with Gasteiger partial charge in [0.05, 0.1) is 24.3 Å². The third kappa shape index (κ3) is 2.60. The van der Waals surface area contributed by atoms with Gasteiger partial charge in [0.15, 0.2) is 0 Å². The van der Waals surface area contributed by atoms with Crippen molar-refractivity contribution in [3.8, 4) is 6.07 Å². The van der Waals surface area contributed by atoms with Gasteiger partial charge in [0.1, 0.15) is 0 Å². The average Bonchev–Trinajstić information content (AvgIpc) is 2.33. The monoisotopic (exact) mass is 217 g/mol. The summed E-state index contributed by atoms with van der Waals surface area (Å²) >= 11 is 0. The van der Waals surface area contributed by atoms with Gasteiger partial charge in [-0.2, -0.15) is 5.26 Å². The molecule has 16 heavy (non-hydrogen) atoms. The summed E-state index contributed by atoms with van der Waals surface area (Å²) in [6.07, 6.45) is 1.28. The maximum absolute atomic E-state index is 9.80. The average molecular weight is 217 g/mol. The molecular weight excluding hydrogens is 202 g/mol. The van der Waals surface area contributed by atoms with Crippen LogP contribution in [0.25, 0.3) is 0 Å². The van der Waals surface area contributed by atoms with Crippen molar-refractivity contribution in [1.29, 1.82) is 5.26 Å². The molecule has 84 valence electrons. The minimum absolute atomic E-state index is 0.182. The largest absolute Gasteiger partial charge is 0.393 e. The predicted molar refractivity (Wildman–Crippen MR) is 59.8 cm³/mol. The fourth-order valence-corrected chi connectivity index (χ4v) is 2.00. The Morgan fingerprint density at radius 1 is 1.38 bits per heavy atom. The molecule has 0 aromatic heterocycles. The molecule has 1 heterocycles. The van der Waals surface area contributed by atoms with Crippen molar-refractivity contribution in [2.24, 2.45) is 5.92 Å². The lowest BCUT2D eigenvalue weighted by Gasteiger charge is -2.27. The van der Waals surface area contributed by atoms with E-state index in [0.717, 1.165) is 18.4 Å². The van der Waals surface area contributed by atoms with E-state index in [0.29, 0.717) is 18.8 Å². The molecule has 3 nitrogen and oxygen atoms in total. The second kappa shape index (κ2) is 5.11. The highest BCUT2D eigenvalue weighted by Gasteiger charge is 2.23. The maximum Gasteiger partial charge on any atom is 0.0991 e. The van der Waals surface area contributed by atoms with Crippen LogP contribution in [-0.4, -0.2) is 24.4 Å². The van der Waals surface area contributed by atoms with Crippen molar-refractivity contribution >= 4 is 0 Å². The van der Waals surface area contributed by atoms with E-state index in [9.17, 15) is 5.11 Å². The molecule has 0 aliphatic carbocycles. The van der Waals surface area contributed by atoms with Crippen molar-refractivity contribution < 1.29 is 9.84 Å². The first-order chi connectivity index (χ1) is 7.79. The van der Waals surface area contributed by atoms with Gasteiger partial charge in [0.25, 0.3) is 0 Å². The Hall–Kier alpha value is -1.37. The number of hydrogen-bond acceptors (Lipinski definition) is 3. The zero-order valence-corrected chi connectivity index (χ0v) is 9.10. The molecule has 0 saturated carbocycles. The number of hydrogen-bond donors (Lipinski definition) is 1. The van der Waals surface area contributed by atoms with E-state index in [-0.39, 0.29) is 12.0 Å². The molecule has 0 unspecified atom stereocenters. The highest BCUT2D eigenvalue weighted by atomic mass is 16.5. The van der Waals surface area contributed by atoms with Gasteiger partial charge in [-0.05, 0) is 30.5 Å². The molecule has 1 aromatic carbocycles. The van der Waals surface area contributed by atoms with Crippen molar-refractivity contribution in [3.05, 3.63) is 35.4 Å². The van der Waals surface area contributed by atoms with Gasteiger partial charge in [0, 0.05) is 12.5 Å². The van der Waals surface area contributed by atoms with Crippen LogP contribution in [0, 0.1) is 17.2 Å². The van der Waals surface area contributed by atoms with Crippen LogP contribution in [0.3, 0.4) is 0 Å². The predicted octanol–water partition coefficient (Wildman–Crippen LogP) is 1.50. The third-order valence-corrected chi connectivity index (χ3v) is 3.01. The molecule has 1 fully saturated rings. The lowest BCUT2D eigenvalue weighted by molar-refractivity contribution is -0.0350. The second-order valence-corrected chi connectivity index (χ2v) is 4.20. The Morgan fingerprint density at radius 2 is 2.12 bits per heavy atom. The van der Waals surface area contributed by atoms with E-state index in [1.165, 1.54) is 0 Å². The summed E-state index contributed by atoms with van der Waals surface area (Å²) in [7, 11) is 0. The Labute approximate surface area is 95.3 Å². The van der Waals surface area contributed by atoms with Crippen molar-refractivity contribution in [1.82, 2.24) is 0 Å². The van der Waals surface area contributed by atoms with Gasteiger partial charge < -0.3 is 9.84 Å². The van der Waals surface area contributed by atoms with E-state index in [1.54, 1.807) is 0 Å². The summed E-state index contributed by atoms with van der Waals surface area (Å²) in [5, 5.41) is 18.5. The molecule has 0 bridgehead atoms. The maximum atomic E-state index is 9.80. The molecule has 2 atom stereocenters. The summed E-state index contributed by atoms with van der Waals surface area (Å²) in [5.74, 6) is 0.182. The molecule has 2 rings (SSSR count). The highest BCUT2D eigenvalue weighted by molar-refractivity contribution is 5.31. The molecule has 0 radical (unpaired) electrons. The summed E-state index contributed by atoms with van der Waals surface area (Å²) in [5.41, 5.74) is 1.82. The van der Waals surface area contributed by atoms with E-state index in [4.69, 9.17) is 10.00 Å². The minimum atomic E-state index is -0.260. The van der Waals surface area contributed by atoms with Crippen LogP contribution in [0.1, 0.15) is 17.5 Å². The zero-order chi connectivity index (χ0) is 11.4. The Kier molecular flexibility index (Phi) is 3.55. The lowest BCUT2D eigenvalue weighted by atomic mass is 9.91. The molecule has 1 aliphatic heterocycles. The van der Waals surface area contributed by atoms with Crippen molar-refractivity contribution in [3.63, 3.8) is 0 Å². The Morgan fingerprint density at radius 3 is 2.75 bits per heavy atom. The number of aliphatic hydroxyl groups is 1. The zero-order valence-electron chi connectivity index (χ0n) is 9.10. The lowest BCUT2D eigenvalue weighted by Crippen LogP contribution is -2.33. The van der Waals surface area contributed by atoms with Crippen LogP contribution in [0.2, 0.25) is 0 Å². The molecule has 0 amide bonds. The number of nitriles is 1. The number of ether oxygens (including phenoxy) is 1. The second-order valence-electron chi connectivity index (χ2n) is 4.20. The fourth-order valence-electron chi connectivity index (χ4n) is 2.00. The standard InChI is InChI=1S/C13H15NO2/c14-8-11-3-1-10(2-4-11)7-12-9-16-6-5-13(12)15/h1-4,12-13,15H,5-7,9H2/t12-,13+/m0/s1. The van der Waals surface area contributed by atoms with Gasteiger partial charge in [-0.1, -0.05) is 12.1 Å². The van der Waals surface area contributed by atoms with Crippen molar-refractivity contribution in [2.45, 2.75) is 18.9 Å². The highest BCUT2D eigenvalue weighted by Crippen LogP contribution is 2.19. The molecular formula is C13H15NO2. The summed E-state index contributed by atoms with van der Waals surface area (Å²) in [6, 6.07) is 9.60. The van der Waals surface area contributed by atoms with Crippen LogP contribution >= 0.6 is 0 Å². The van der Waals surface area contributed by atoms with Crippen LogP contribution in [0.15, 0.2) is 24.3 Å². The Balaban J connectivity index is 2.00. The quantitative estimate of drug-likeness (QED) is 0.816. The SMILES string of the molecule is N#Cc1ccc(C[C@H]2COCC[C@H]2O)cc1. The fraction of sp³-hybridized carbons (Fsp3) is 0.462. The van der Waals surface area contributed by atoms with E-state index in [2.05, 4.69) is 6.07 Å². The first-order valence-corrected chi connectivity index (χ1v) is 5.54. The molecule has 1 aliphatic rings. The summed E-state index contributed by atoms with van der Waals surface area (Å²) in [6.45, 7) is 1.28. The van der Waals surface area contributed by atoms with Crippen LogP contribution < -0.4 is 0 Å². The van der Waals surface area contributed by atoms with Gasteiger partial charge in [-0.15, -0.1) is 0 Å². The molecule has 1 aromatic rings. The smallest absolute Gasteiger partial charge is 0.0991 e. The van der Waals surface area contributed by atoms with E-state index in [1.807, 2.05) is 24.3 Å². The summed E-state index contributed by atoms with van der Waals surface area (Å²) < 4.78 is 5.36. The van der Waals surface area contributed by atoms with Gasteiger partial charge in [-0.3, -0.25) is 0 Å². The molecule has 0 spiro atoms. The molecule has 3 heteroatoms. The van der Waals surface area contributed by atoms with E-state index < -0.39 is 0 Å². The van der Waals surface area contributed by atoms with Crippen molar-refractivity contribution in [2.75, 3.05) is 13.2 Å². The van der Waals surface area contributed by atoms with Crippen LogP contribution in [-0.2, 0) is 11.2 Å². The molecule has 1 saturated heterocycles. The van der Waals surface area contributed by atoms with Gasteiger partial charge in [0.2, 0.25) is 0 Å². The first kappa shape index (κ1) is 11.1. The Bertz CT molecular complexity index is 380. The van der Waals surface area contributed by atoms with Gasteiger partial charge >= 0.3 is 0 Å². The van der Waals surface area contributed by atoms with Crippen LogP contribution in [0.5, 0.6) is 0 Å². The number of aliphatic hydroxyl groups excluding tert-OH is 1. The summed E-state index contributed by atoms with van der Waals surface area (Å²) in [4.78, 5) is 0. The molecule has 1 N–H and O–H groups in total. The van der Waals surface area contributed by atoms with Crippen LogP contribution in [0.4, 0.5) is 0 Å². The number of nitrogens with zero attached hydrogens (tertiary/aromatic N) is 1. The first-order valence-electron chi connectivity index (χ1n) is 5.54. The van der Waals surface area contributed by atoms with E-state index >= 15 is 0 Å². The van der Waals surface area contributed by atoms with Gasteiger partial charge in [-0.25, -0.2) is 0 Å². The normalized spacial score (nSPS) is 25.0. The number of rotatable bonds is 2. The third-order valence-electron chi connectivity index (χ3n) is 3.01.